The number of ether oxygens (including phenoxy) is 1. The number of nitrogens with one attached hydrogen (secondary N) is 1. The first-order valence-electron chi connectivity index (χ1n) is 8.59. The molecular formula is C19H18FN3O4S2. The first-order valence-corrected chi connectivity index (χ1v) is 11.1. The van der Waals surface area contributed by atoms with E-state index in [4.69, 9.17) is 4.74 Å². The summed E-state index contributed by atoms with van der Waals surface area (Å²) in [5, 5.41) is 9.87. The zero-order chi connectivity index (χ0) is 21.0. The van der Waals surface area contributed by atoms with Crippen molar-refractivity contribution >= 4 is 32.2 Å². The highest BCUT2D eigenvalue weighted by Crippen LogP contribution is 2.25. The summed E-state index contributed by atoms with van der Waals surface area (Å²) in [6, 6.07) is 12.9. The maximum Gasteiger partial charge on any atom is 0.266 e. The number of carbonyl (C=O) groups excluding carboxylic acids is 1. The maximum absolute atomic E-state index is 13.6. The minimum Gasteiger partial charge on any atom is -0.478 e. The second-order valence-electron chi connectivity index (χ2n) is 6.24. The van der Waals surface area contributed by atoms with Gasteiger partial charge >= 0.3 is 0 Å². The minimum absolute atomic E-state index is 0.0161. The van der Waals surface area contributed by atoms with Gasteiger partial charge in [0.05, 0.1) is 5.75 Å². The van der Waals surface area contributed by atoms with Gasteiger partial charge in [-0.25, -0.2) is 12.8 Å². The number of para-hydroxylation sites is 1. The topological polar surface area (TPSA) is 98.3 Å². The number of amides is 1. The number of hydrogen-bond donors (Lipinski definition) is 1. The number of carbonyl (C=O) groups is 1. The van der Waals surface area contributed by atoms with Gasteiger partial charge in [0.1, 0.15) is 0 Å². The third-order valence-electron chi connectivity index (χ3n) is 4.02. The molecule has 0 radical (unpaired) electrons. The summed E-state index contributed by atoms with van der Waals surface area (Å²) in [5.41, 5.74) is 1.52. The standard InChI is InChI=1S/C19H18FN3O4S2/c1-12-7-3-4-8-14(12)11-29(25,26)19-23-22-18(28-19)21-17(24)13(2)27-16-10-6-5-9-15(16)20/h3-10,13H,11H2,1-2H3,(H,21,22,24)/t13-/m0/s1. The van der Waals surface area contributed by atoms with Gasteiger partial charge in [0, 0.05) is 0 Å². The minimum atomic E-state index is -3.71. The molecule has 0 spiro atoms. The number of hydrogen-bond acceptors (Lipinski definition) is 7. The molecule has 0 saturated heterocycles. The molecule has 1 aromatic heterocycles. The average Bonchev–Trinajstić information content (AvgIpc) is 3.15. The zero-order valence-corrected chi connectivity index (χ0v) is 17.3. The Morgan fingerprint density at radius 2 is 1.86 bits per heavy atom. The van der Waals surface area contributed by atoms with E-state index in [1.54, 1.807) is 18.2 Å². The Morgan fingerprint density at radius 3 is 2.59 bits per heavy atom. The van der Waals surface area contributed by atoms with E-state index in [0.717, 1.165) is 16.9 Å². The quantitative estimate of drug-likeness (QED) is 0.572. The molecule has 152 valence electrons. The molecule has 0 aliphatic carbocycles. The Kier molecular flexibility index (Phi) is 6.23. The molecule has 7 nitrogen and oxygen atoms in total. The molecule has 0 saturated carbocycles. The summed E-state index contributed by atoms with van der Waals surface area (Å²) >= 11 is 0.748. The molecule has 1 atom stereocenters. The van der Waals surface area contributed by atoms with Crippen LogP contribution in [-0.2, 0) is 20.4 Å². The van der Waals surface area contributed by atoms with Crippen LogP contribution in [0.2, 0.25) is 0 Å². The molecule has 0 fully saturated rings. The molecule has 10 heteroatoms. The van der Waals surface area contributed by atoms with Gasteiger partial charge in [0.15, 0.2) is 17.7 Å². The number of aryl methyl sites for hydroxylation is 1. The lowest BCUT2D eigenvalue weighted by atomic mass is 10.1. The lowest BCUT2D eigenvalue weighted by molar-refractivity contribution is -0.122. The van der Waals surface area contributed by atoms with Crippen LogP contribution in [0.5, 0.6) is 5.75 Å². The molecule has 0 aliphatic rings. The number of rotatable bonds is 7. The number of nitrogens with zero attached hydrogens (tertiary/aromatic N) is 2. The van der Waals surface area contributed by atoms with Gasteiger partial charge in [-0.05, 0) is 37.1 Å². The predicted octanol–water partition coefficient (Wildman–Crippen LogP) is 3.37. The van der Waals surface area contributed by atoms with E-state index in [2.05, 4.69) is 15.5 Å². The molecule has 1 heterocycles. The van der Waals surface area contributed by atoms with Crippen molar-refractivity contribution in [2.45, 2.75) is 30.0 Å². The highest BCUT2D eigenvalue weighted by Gasteiger charge is 2.24. The Hall–Kier alpha value is -2.85. The largest absolute Gasteiger partial charge is 0.478 e. The van der Waals surface area contributed by atoms with Crippen molar-refractivity contribution in [3.63, 3.8) is 0 Å². The third-order valence-corrected chi connectivity index (χ3v) is 6.97. The van der Waals surface area contributed by atoms with Crippen LogP contribution in [0.15, 0.2) is 52.9 Å². The molecule has 29 heavy (non-hydrogen) atoms. The van der Waals surface area contributed by atoms with E-state index < -0.39 is 27.7 Å². The molecule has 3 rings (SSSR count). The summed E-state index contributed by atoms with van der Waals surface area (Å²) in [4.78, 5) is 12.3. The Balaban J connectivity index is 1.67. The van der Waals surface area contributed by atoms with E-state index in [1.165, 1.54) is 25.1 Å². The summed E-state index contributed by atoms with van der Waals surface area (Å²) in [6.07, 6.45) is -1.03. The van der Waals surface area contributed by atoms with Crippen molar-refractivity contribution in [3.8, 4) is 5.75 Å². The number of anilines is 1. The van der Waals surface area contributed by atoms with Gasteiger partial charge in [0.25, 0.3) is 5.91 Å². The van der Waals surface area contributed by atoms with E-state index in [9.17, 15) is 17.6 Å². The smallest absolute Gasteiger partial charge is 0.266 e. The lowest BCUT2D eigenvalue weighted by Crippen LogP contribution is -2.30. The molecule has 1 N–H and O–H groups in total. The van der Waals surface area contributed by atoms with Gasteiger partial charge in [-0.1, -0.05) is 47.7 Å². The van der Waals surface area contributed by atoms with E-state index in [1.807, 2.05) is 19.1 Å². The monoisotopic (exact) mass is 435 g/mol. The normalized spacial score (nSPS) is 12.4. The van der Waals surface area contributed by atoms with Crippen LogP contribution in [0, 0.1) is 12.7 Å². The van der Waals surface area contributed by atoms with Crippen molar-refractivity contribution < 1.29 is 22.3 Å². The second kappa shape index (κ2) is 8.66. The molecule has 0 bridgehead atoms. The maximum atomic E-state index is 13.6. The lowest BCUT2D eigenvalue weighted by Gasteiger charge is -2.13. The highest BCUT2D eigenvalue weighted by atomic mass is 32.2. The number of aromatic nitrogens is 2. The summed E-state index contributed by atoms with van der Waals surface area (Å²) in [5.74, 6) is -1.47. The molecule has 2 aromatic carbocycles. The number of halogens is 1. The predicted molar refractivity (Wildman–Crippen MR) is 107 cm³/mol. The van der Waals surface area contributed by atoms with Crippen LogP contribution < -0.4 is 10.1 Å². The Morgan fingerprint density at radius 1 is 1.17 bits per heavy atom. The fourth-order valence-electron chi connectivity index (χ4n) is 2.42. The number of benzene rings is 2. The van der Waals surface area contributed by atoms with Crippen molar-refractivity contribution in [3.05, 3.63) is 65.5 Å². The van der Waals surface area contributed by atoms with Gasteiger partial charge in [-0.2, -0.15) is 0 Å². The SMILES string of the molecule is Cc1ccccc1CS(=O)(=O)c1nnc(NC(=O)[C@H](C)Oc2ccccc2F)s1. The van der Waals surface area contributed by atoms with Crippen LogP contribution in [0.1, 0.15) is 18.1 Å². The molecule has 0 aliphatic heterocycles. The second-order valence-corrected chi connectivity index (χ2v) is 9.38. The van der Waals surface area contributed by atoms with Gasteiger partial charge in [-0.3, -0.25) is 10.1 Å². The summed E-state index contributed by atoms with van der Waals surface area (Å²) < 4.78 is 43.9. The number of sulfone groups is 1. The van der Waals surface area contributed by atoms with E-state index in [0.29, 0.717) is 5.56 Å². The van der Waals surface area contributed by atoms with Crippen LogP contribution in [0.4, 0.5) is 9.52 Å². The highest BCUT2D eigenvalue weighted by molar-refractivity contribution is 7.92. The molecule has 1 amide bonds. The van der Waals surface area contributed by atoms with E-state index >= 15 is 0 Å². The Bertz CT molecular complexity index is 1130. The van der Waals surface area contributed by atoms with Crippen molar-refractivity contribution in [1.82, 2.24) is 10.2 Å². The molecule has 0 unspecified atom stereocenters. The van der Waals surface area contributed by atoms with Crippen molar-refractivity contribution in [2.75, 3.05) is 5.32 Å². The molecular weight excluding hydrogens is 417 g/mol. The van der Waals surface area contributed by atoms with Crippen molar-refractivity contribution in [1.29, 1.82) is 0 Å². The van der Waals surface area contributed by atoms with Crippen LogP contribution >= 0.6 is 11.3 Å². The first-order chi connectivity index (χ1) is 13.8. The van der Waals surface area contributed by atoms with Crippen molar-refractivity contribution in [2.24, 2.45) is 0 Å². The van der Waals surface area contributed by atoms with Crippen LogP contribution in [-0.4, -0.2) is 30.6 Å². The van der Waals surface area contributed by atoms with Gasteiger partial charge < -0.3 is 4.74 Å². The molecule has 3 aromatic rings. The summed E-state index contributed by atoms with van der Waals surface area (Å²) in [6.45, 7) is 3.27. The fourth-order valence-corrected chi connectivity index (χ4v) is 4.84. The van der Waals surface area contributed by atoms with E-state index in [-0.39, 0.29) is 21.0 Å². The van der Waals surface area contributed by atoms with Gasteiger partial charge in [0.2, 0.25) is 19.3 Å². The summed E-state index contributed by atoms with van der Waals surface area (Å²) in [7, 11) is -3.71. The fraction of sp³-hybridized carbons (Fsp3) is 0.211. The van der Waals surface area contributed by atoms with Gasteiger partial charge in [-0.15, -0.1) is 10.2 Å². The average molecular weight is 436 g/mol. The Labute approximate surface area is 171 Å². The van der Waals surface area contributed by atoms with Crippen LogP contribution in [0.25, 0.3) is 0 Å². The first kappa shape index (κ1) is 20.9. The third kappa shape index (κ3) is 5.15. The van der Waals surface area contributed by atoms with Crippen LogP contribution in [0.3, 0.4) is 0 Å². The zero-order valence-electron chi connectivity index (χ0n) is 15.6.